The van der Waals surface area contributed by atoms with Crippen LogP contribution in [0, 0.1) is 0 Å². The first kappa shape index (κ1) is 16.3. The van der Waals surface area contributed by atoms with Crippen LogP contribution in [-0.2, 0) is 4.79 Å². The maximum atomic E-state index is 12.5. The number of nitrogens with zero attached hydrogens (tertiary/aromatic N) is 1. The van der Waals surface area contributed by atoms with Gasteiger partial charge in [-0.15, -0.1) is 0 Å². The predicted molar refractivity (Wildman–Crippen MR) is 82.2 cm³/mol. The second kappa shape index (κ2) is 6.79. The molecule has 1 aromatic rings. The fourth-order valence-electron chi connectivity index (χ4n) is 2.61. The molecule has 22 heavy (non-hydrogen) atoms. The summed E-state index contributed by atoms with van der Waals surface area (Å²) < 4.78 is 5.36. The van der Waals surface area contributed by atoms with Crippen molar-refractivity contribution in [2.24, 2.45) is 0 Å². The van der Waals surface area contributed by atoms with Crippen LogP contribution >= 0.6 is 0 Å². The van der Waals surface area contributed by atoms with Gasteiger partial charge in [-0.05, 0) is 44.5 Å². The molecule has 1 aromatic carbocycles. The number of benzene rings is 1. The van der Waals surface area contributed by atoms with E-state index in [1.165, 1.54) is 0 Å². The Bertz CT molecular complexity index is 544. The smallest absolute Gasteiger partial charge is 0.317 e. The van der Waals surface area contributed by atoms with Crippen molar-refractivity contribution in [2.75, 3.05) is 26.2 Å². The highest BCUT2D eigenvalue weighted by molar-refractivity contribution is 5.94. The van der Waals surface area contributed by atoms with Gasteiger partial charge in [0.15, 0.2) is 0 Å². The molecule has 2 rings (SSSR count). The molecule has 1 fully saturated rings. The first-order valence-corrected chi connectivity index (χ1v) is 7.42. The number of likely N-dealkylation sites (tertiary alicyclic amines) is 1. The van der Waals surface area contributed by atoms with Crippen molar-refractivity contribution in [1.82, 2.24) is 10.2 Å². The van der Waals surface area contributed by atoms with Crippen LogP contribution in [0.25, 0.3) is 0 Å². The first-order chi connectivity index (χ1) is 10.4. The molecule has 0 radical (unpaired) electrons. The normalized spacial score (nSPS) is 20.9. The third kappa shape index (κ3) is 3.98. The van der Waals surface area contributed by atoms with Crippen LogP contribution in [0.1, 0.15) is 30.6 Å². The van der Waals surface area contributed by atoms with E-state index in [2.05, 4.69) is 5.32 Å². The minimum absolute atomic E-state index is 0.0381. The van der Waals surface area contributed by atoms with Crippen molar-refractivity contribution in [3.63, 3.8) is 0 Å². The Hall–Kier alpha value is -2.08. The highest BCUT2D eigenvalue weighted by Crippen LogP contribution is 2.23. The van der Waals surface area contributed by atoms with Crippen LogP contribution in [0.2, 0.25) is 0 Å². The van der Waals surface area contributed by atoms with Gasteiger partial charge in [0, 0.05) is 24.2 Å². The van der Waals surface area contributed by atoms with Gasteiger partial charge in [-0.25, -0.2) is 0 Å². The molecule has 1 heterocycles. The molecule has 0 saturated carbocycles. The lowest BCUT2D eigenvalue weighted by atomic mass is 10.0. The maximum Gasteiger partial charge on any atom is 0.317 e. The Morgan fingerprint density at radius 2 is 2.05 bits per heavy atom. The zero-order valence-corrected chi connectivity index (χ0v) is 13.0. The van der Waals surface area contributed by atoms with E-state index in [1.54, 1.807) is 29.2 Å². The molecule has 0 bridgehead atoms. The summed E-state index contributed by atoms with van der Waals surface area (Å²) in [7, 11) is 0. The number of carbonyl (C=O) groups is 2. The van der Waals surface area contributed by atoms with E-state index in [0.717, 1.165) is 12.2 Å². The SMILES string of the molecule is CCOc1ccc(C(=O)N2CCC(C)(NCC(=O)O)C2)cc1. The number of ether oxygens (including phenoxy) is 1. The van der Waals surface area contributed by atoms with Crippen LogP contribution < -0.4 is 10.1 Å². The standard InChI is InChI=1S/C16H22N2O4/c1-3-22-13-6-4-12(5-7-13)15(21)18-9-8-16(2,11-18)17-10-14(19)20/h4-7,17H,3,8-11H2,1-2H3,(H,19,20). The van der Waals surface area contributed by atoms with Gasteiger partial charge < -0.3 is 14.7 Å². The van der Waals surface area contributed by atoms with Crippen molar-refractivity contribution in [3.05, 3.63) is 29.8 Å². The molecule has 120 valence electrons. The highest BCUT2D eigenvalue weighted by Gasteiger charge is 2.36. The van der Waals surface area contributed by atoms with Crippen molar-refractivity contribution in [3.8, 4) is 5.75 Å². The molecule has 1 unspecified atom stereocenters. The average molecular weight is 306 g/mol. The molecule has 1 aliphatic rings. The topological polar surface area (TPSA) is 78.9 Å². The van der Waals surface area contributed by atoms with Crippen LogP contribution in [0.3, 0.4) is 0 Å². The monoisotopic (exact) mass is 306 g/mol. The fourth-order valence-corrected chi connectivity index (χ4v) is 2.61. The molecule has 1 amide bonds. The van der Waals surface area contributed by atoms with E-state index in [-0.39, 0.29) is 18.0 Å². The van der Waals surface area contributed by atoms with Gasteiger partial charge in [-0.1, -0.05) is 0 Å². The summed E-state index contributed by atoms with van der Waals surface area (Å²) in [6.07, 6.45) is 0.739. The second-order valence-corrected chi connectivity index (χ2v) is 5.74. The quantitative estimate of drug-likeness (QED) is 0.830. The number of carbonyl (C=O) groups excluding carboxylic acids is 1. The van der Waals surface area contributed by atoms with Crippen molar-refractivity contribution in [2.45, 2.75) is 25.8 Å². The fraction of sp³-hybridized carbons (Fsp3) is 0.500. The number of carboxylic acid groups (broad SMARTS) is 1. The van der Waals surface area contributed by atoms with E-state index in [0.29, 0.717) is 25.3 Å². The molecular formula is C16H22N2O4. The molecule has 1 aliphatic heterocycles. The Balaban J connectivity index is 1.97. The summed E-state index contributed by atoms with van der Waals surface area (Å²) in [6.45, 7) is 5.48. The number of amides is 1. The summed E-state index contributed by atoms with van der Waals surface area (Å²) in [4.78, 5) is 24.9. The number of rotatable bonds is 6. The van der Waals surface area contributed by atoms with Gasteiger partial charge in [-0.3, -0.25) is 14.9 Å². The zero-order valence-electron chi connectivity index (χ0n) is 13.0. The minimum Gasteiger partial charge on any atom is -0.494 e. The molecular weight excluding hydrogens is 284 g/mol. The lowest BCUT2D eigenvalue weighted by Crippen LogP contribution is -2.47. The number of hydrogen-bond donors (Lipinski definition) is 2. The van der Waals surface area contributed by atoms with Crippen molar-refractivity contribution < 1.29 is 19.4 Å². The Morgan fingerprint density at radius 1 is 1.36 bits per heavy atom. The van der Waals surface area contributed by atoms with Gasteiger partial charge >= 0.3 is 5.97 Å². The van der Waals surface area contributed by atoms with E-state index in [9.17, 15) is 9.59 Å². The highest BCUT2D eigenvalue weighted by atomic mass is 16.5. The van der Waals surface area contributed by atoms with Gasteiger partial charge in [0.1, 0.15) is 5.75 Å². The van der Waals surface area contributed by atoms with Gasteiger partial charge in [0.05, 0.1) is 13.2 Å². The van der Waals surface area contributed by atoms with Gasteiger partial charge in [0.2, 0.25) is 0 Å². The van der Waals surface area contributed by atoms with E-state index in [4.69, 9.17) is 9.84 Å². The van der Waals surface area contributed by atoms with Gasteiger partial charge in [-0.2, -0.15) is 0 Å². The molecule has 0 aromatic heterocycles. The molecule has 6 heteroatoms. The Labute approximate surface area is 130 Å². The van der Waals surface area contributed by atoms with Crippen molar-refractivity contribution >= 4 is 11.9 Å². The molecule has 2 N–H and O–H groups in total. The van der Waals surface area contributed by atoms with E-state index >= 15 is 0 Å². The number of carboxylic acids is 1. The minimum atomic E-state index is -0.891. The number of aliphatic carboxylic acids is 1. The molecule has 1 saturated heterocycles. The lowest BCUT2D eigenvalue weighted by Gasteiger charge is -2.25. The van der Waals surface area contributed by atoms with Crippen LogP contribution in [0.4, 0.5) is 0 Å². The summed E-state index contributed by atoms with van der Waals surface area (Å²) in [5.41, 5.74) is 0.269. The van der Waals surface area contributed by atoms with E-state index in [1.807, 2.05) is 13.8 Å². The summed E-state index contributed by atoms with van der Waals surface area (Å²) >= 11 is 0. The number of hydrogen-bond acceptors (Lipinski definition) is 4. The summed E-state index contributed by atoms with van der Waals surface area (Å²) in [6, 6.07) is 7.09. The summed E-state index contributed by atoms with van der Waals surface area (Å²) in [5, 5.41) is 11.8. The maximum absolute atomic E-state index is 12.5. The van der Waals surface area contributed by atoms with Crippen LogP contribution in [0.15, 0.2) is 24.3 Å². The second-order valence-electron chi connectivity index (χ2n) is 5.74. The third-order valence-electron chi connectivity index (χ3n) is 3.84. The molecule has 6 nitrogen and oxygen atoms in total. The van der Waals surface area contributed by atoms with E-state index < -0.39 is 5.97 Å². The lowest BCUT2D eigenvalue weighted by molar-refractivity contribution is -0.136. The Kier molecular flexibility index (Phi) is 5.03. The Morgan fingerprint density at radius 3 is 2.64 bits per heavy atom. The third-order valence-corrected chi connectivity index (χ3v) is 3.84. The van der Waals surface area contributed by atoms with Crippen LogP contribution in [0.5, 0.6) is 5.75 Å². The zero-order chi connectivity index (χ0) is 16.2. The predicted octanol–water partition coefficient (Wildman–Crippen LogP) is 1.36. The largest absolute Gasteiger partial charge is 0.494 e. The number of nitrogens with one attached hydrogen (secondary N) is 1. The van der Waals surface area contributed by atoms with Crippen molar-refractivity contribution in [1.29, 1.82) is 0 Å². The molecule has 0 spiro atoms. The van der Waals surface area contributed by atoms with Gasteiger partial charge in [0.25, 0.3) is 5.91 Å². The molecule has 1 atom stereocenters. The first-order valence-electron chi connectivity index (χ1n) is 7.42. The van der Waals surface area contributed by atoms with Crippen LogP contribution in [-0.4, -0.2) is 53.7 Å². The molecule has 0 aliphatic carbocycles. The summed E-state index contributed by atoms with van der Waals surface area (Å²) in [5.74, 6) is -0.185. The average Bonchev–Trinajstić information content (AvgIpc) is 2.89.